The van der Waals surface area contributed by atoms with Gasteiger partial charge in [0.25, 0.3) is 0 Å². The van der Waals surface area contributed by atoms with Gasteiger partial charge in [0, 0.05) is 11.3 Å². The van der Waals surface area contributed by atoms with Crippen LogP contribution in [0.3, 0.4) is 0 Å². The van der Waals surface area contributed by atoms with E-state index < -0.39 is 0 Å². The van der Waals surface area contributed by atoms with Crippen LogP contribution in [-0.2, 0) is 0 Å². The van der Waals surface area contributed by atoms with Crippen molar-refractivity contribution >= 4 is 23.3 Å². The van der Waals surface area contributed by atoms with Gasteiger partial charge in [-0.3, -0.25) is 0 Å². The summed E-state index contributed by atoms with van der Waals surface area (Å²) < 4.78 is 5.54. The molecular formula is C14H24N4OS. The van der Waals surface area contributed by atoms with Crippen LogP contribution in [0.1, 0.15) is 39.0 Å². The van der Waals surface area contributed by atoms with Crippen LogP contribution in [0, 0.1) is 0 Å². The number of aromatic nitrogens is 2. The number of thioether (sulfide) groups is 1. The predicted molar refractivity (Wildman–Crippen MR) is 85.4 cm³/mol. The highest BCUT2D eigenvalue weighted by Gasteiger charge is 2.22. The van der Waals surface area contributed by atoms with Crippen LogP contribution in [0.2, 0.25) is 0 Å². The number of anilines is 2. The maximum atomic E-state index is 6.09. The highest BCUT2D eigenvalue weighted by atomic mass is 32.2. The van der Waals surface area contributed by atoms with Crippen molar-refractivity contribution in [1.82, 2.24) is 9.97 Å². The van der Waals surface area contributed by atoms with Gasteiger partial charge in [-0.25, -0.2) is 4.98 Å². The molecule has 1 aromatic heterocycles. The Morgan fingerprint density at radius 3 is 3.05 bits per heavy atom. The third-order valence-electron chi connectivity index (χ3n) is 3.59. The molecule has 1 heterocycles. The molecule has 0 aromatic carbocycles. The summed E-state index contributed by atoms with van der Waals surface area (Å²) in [7, 11) is 0. The van der Waals surface area contributed by atoms with Crippen LogP contribution in [-0.4, -0.2) is 34.1 Å². The molecule has 1 aliphatic carbocycles. The van der Waals surface area contributed by atoms with Crippen molar-refractivity contribution in [2.75, 3.05) is 23.9 Å². The highest BCUT2D eigenvalue weighted by Crippen LogP contribution is 2.31. The number of hydrogen-bond acceptors (Lipinski definition) is 6. The Hall–Kier alpha value is -1.17. The van der Waals surface area contributed by atoms with Crippen molar-refractivity contribution in [1.29, 1.82) is 0 Å². The molecule has 0 radical (unpaired) electrons. The summed E-state index contributed by atoms with van der Waals surface area (Å²) >= 11 is 1.95. The fraction of sp³-hybridized carbons (Fsp3) is 0.714. The van der Waals surface area contributed by atoms with E-state index in [1.807, 2.05) is 11.8 Å². The van der Waals surface area contributed by atoms with Crippen molar-refractivity contribution in [2.45, 2.75) is 50.3 Å². The first-order valence-electron chi connectivity index (χ1n) is 7.27. The van der Waals surface area contributed by atoms with E-state index in [1.54, 1.807) is 0 Å². The predicted octanol–water partition coefficient (Wildman–Crippen LogP) is 2.93. The molecule has 2 rings (SSSR count). The summed E-state index contributed by atoms with van der Waals surface area (Å²) in [4.78, 5) is 8.36. The standard InChI is InChI=1S/C14H24N4OS/c1-3-7-19-14-12(15)13(16-9-17-14)18-10-5-4-6-11(8-10)20-2/h9-11H,3-8,15H2,1-2H3,(H,16,17,18). The van der Waals surface area contributed by atoms with Gasteiger partial charge >= 0.3 is 0 Å². The zero-order chi connectivity index (χ0) is 14.4. The Bertz CT molecular complexity index is 430. The van der Waals surface area contributed by atoms with E-state index in [4.69, 9.17) is 10.5 Å². The molecule has 2 unspecified atom stereocenters. The molecule has 1 saturated carbocycles. The minimum absolute atomic E-state index is 0.442. The Balaban J connectivity index is 2.01. The molecule has 3 N–H and O–H groups in total. The molecule has 0 saturated heterocycles. The van der Waals surface area contributed by atoms with Crippen molar-refractivity contribution in [3.8, 4) is 5.88 Å². The molecule has 1 fully saturated rings. The van der Waals surface area contributed by atoms with Gasteiger partial charge in [-0.05, 0) is 31.9 Å². The van der Waals surface area contributed by atoms with Crippen LogP contribution in [0.5, 0.6) is 5.88 Å². The summed E-state index contributed by atoms with van der Waals surface area (Å²) in [6.07, 6.45) is 9.53. The second kappa shape index (κ2) is 7.57. The fourth-order valence-corrected chi connectivity index (χ4v) is 3.32. The van der Waals surface area contributed by atoms with Crippen molar-refractivity contribution in [3.63, 3.8) is 0 Å². The number of nitrogen functional groups attached to an aromatic ring is 1. The quantitative estimate of drug-likeness (QED) is 0.841. The normalized spacial score (nSPS) is 22.5. The van der Waals surface area contributed by atoms with Crippen molar-refractivity contribution in [3.05, 3.63) is 6.33 Å². The van der Waals surface area contributed by atoms with Crippen LogP contribution < -0.4 is 15.8 Å². The van der Waals surface area contributed by atoms with Crippen LogP contribution in [0.4, 0.5) is 11.5 Å². The Morgan fingerprint density at radius 2 is 2.30 bits per heavy atom. The van der Waals surface area contributed by atoms with Crippen LogP contribution in [0.15, 0.2) is 6.33 Å². The Morgan fingerprint density at radius 1 is 1.45 bits per heavy atom. The summed E-state index contributed by atoms with van der Waals surface area (Å²) in [6.45, 7) is 2.68. The van der Waals surface area contributed by atoms with Gasteiger partial charge < -0.3 is 15.8 Å². The minimum Gasteiger partial charge on any atom is -0.476 e. The molecule has 0 spiro atoms. The molecular weight excluding hydrogens is 272 g/mol. The van der Waals surface area contributed by atoms with E-state index in [1.165, 1.54) is 25.6 Å². The molecule has 2 atom stereocenters. The number of nitrogens with two attached hydrogens (primary N) is 1. The van der Waals surface area contributed by atoms with Crippen LogP contribution in [0.25, 0.3) is 0 Å². The maximum Gasteiger partial charge on any atom is 0.242 e. The van der Waals surface area contributed by atoms with E-state index in [2.05, 4.69) is 28.5 Å². The molecule has 112 valence electrons. The number of ether oxygens (including phenoxy) is 1. The van der Waals surface area contributed by atoms with Crippen LogP contribution >= 0.6 is 11.8 Å². The van der Waals surface area contributed by atoms with Gasteiger partial charge in [0.1, 0.15) is 12.0 Å². The molecule has 0 bridgehead atoms. The second-order valence-electron chi connectivity index (χ2n) is 5.16. The average Bonchev–Trinajstić information content (AvgIpc) is 2.48. The van der Waals surface area contributed by atoms with E-state index in [0.29, 0.717) is 30.0 Å². The third kappa shape index (κ3) is 3.91. The van der Waals surface area contributed by atoms with Gasteiger partial charge in [0.2, 0.25) is 5.88 Å². The zero-order valence-corrected chi connectivity index (χ0v) is 13.1. The summed E-state index contributed by atoms with van der Waals surface area (Å²) in [6, 6.07) is 0.442. The molecule has 1 aliphatic rings. The molecule has 5 nitrogen and oxygen atoms in total. The third-order valence-corrected chi connectivity index (χ3v) is 4.69. The summed E-state index contributed by atoms with van der Waals surface area (Å²) in [5, 5.41) is 4.20. The maximum absolute atomic E-state index is 6.09. The molecule has 6 heteroatoms. The first kappa shape index (κ1) is 15.2. The largest absolute Gasteiger partial charge is 0.476 e. The Labute approximate surface area is 125 Å². The van der Waals surface area contributed by atoms with Gasteiger partial charge in [-0.2, -0.15) is 16.7 Å². The fourth-order valence-electron chi connectivity index (χ4n) is 2.49. The van der Waals surface area contributed by atoms with Crippen molar-refractivity contribution in [2.24, 2.45) is 0 Å². The highest BCUT2D eigenvalue weighted by molar-refractivity contribution is 7.99. The molecule has 1 aromatic rings. The summed E-state index contributed by atoms with van der Waals surface area (Å²) in [5.74, 6) is 1.19. The van der Waals surface area contributed by atoms with Gasteiger partial charge in [-0.1, -0.05) is 13.3 Å². The first-order chi connectivity index (χ1) is 9.74. The topological polar surface area (TPSA) is 73.1 Å². The molecule has 0 amide bonds. The second-order valence-corrected chi connectivity index (χ2v) is 6.29. The lowest BCUT2D eigenvalue weighted by atomic mass is 9.95. The molecule has 0 aliphatic heterocycles. The first-order valence-corrected chi connectivity index (χ1v) is 8.56. The lowest BCUT2D eigenvalue weighted by Crippen LogP contribution is -2.29. The minimum atomic E-state index is 0.442. The van der Waals surface area contributed by atoms with Gasteiger partial charge in [0.15, 0.2) is 5.82 Å². The number of hydrogen-bond donors (Lipinski definition) is 2. The van der Waals surface area contributed by atoms with E-state index in [9.17, 15) is 0 Å². The van der Waals surface area contributed by atoms with E-state index in [0.717, 1.165) is 18.1 Å². The average molecular weight is 296 g/mol. The number of nitrogens with one attached hydrogen (secondary N) is 1. The number of rotatable bonds is 6. The van der Waals surface area contributed by atoms with E-state index >= 15 is 0 Å². The SMILES string of the molecule is CCCOc1ncnc(NC2CCCC(SC)C2)c1N. The lowest BCUT2D eigenvalue weighted by molar-refractivity contribution is 0.306. The van der Waals surface area contributed by atoms with Gasteiger partial charge in [0.05, 0.1) is 6.61 Å². The summed E-state index contributed by atoms with van der Waals surface area (Å²) in [5.41, 5.74) is 6.61. The van der Waals surface area contributed by atoms with E-state index in [-0.39, 0.29) is 0 Å². The van der Waals surface area contributed by atoms with Gasteiger partial charge in [-0.15, -0.1) is 0 Å². The molecule has 20 heavy (non-hydrogen) atoms. The smallest absolute Gasteiger partial charge is 0.242 e. The zero-order valence-electron chi connectivity index (χ0n) is 12.3. The number of nitrogens with zero attached hydrogens (tertiary/aromatic N) is 2. The lowest BCUT2D eigenvalue weighted by Gasteiger charge is -2.29. The monoisotopic (exact) mass is 296 g/mol. The Kier molecular flexibility index (Phi) is 5.76. The van der Waals surface area contributed by atoms with Crippen molar-refractivity contribution < 1.29 is 4.74 Å².